The molecular weight excluding hydrogens is 838 g/mol. The van der Waals surface area contributed by atoms with Crippen LogP contribution in [0.5, 0.6) is 0 Å². The van der Waals surface area contributed by atoms with E-state index in [4.69, 9.17) is 0 Å². The Kier molecular flexibility index (Phi) is 16.4. The number of imidazole rings is 2. The average molecular weight is 856 g/mol. The van der Waals surface area contributed by atoms with Crippen LogP contribution in [0.3, 0.4) is 0 Å². The maximum Gasteiger partial charge on any atom is 0.516 e. The Bertz CT molecular complexity index is 1660. The van der Waals surface area contributed by atoms with Crippen LogP contribution in [0.1, 0.15) is 0 Å². The van der Waals surface area contributed by atoms with E-state index in [0.29, 0.717) is 0 Å². The molecule has 0 aliphatic carbocycles. The van der Waals surface area contributed by atoms with E-state index in [0.717, 1.165) is 13.3 Å². The number of aromatic nitrogens is 4. The minimum Gasteiger partial charge on any atom is -0.421 e. The van der Waals surface area contributed by atoms with E-state index < -0.39 is 84.1 Å². The molecule has 2 aromatic rings. The molecule has 34 heteroatoms. The van der Waals surface area contributed by atoms with Crippen molar-refractivity contribution in [3.05, 3.63) is 41.6 Å². The number of carbonyl (C=O) groups excluding carboxylic acids is 1. The highest BCUT2D eigenvalue weighted by molar-refractivity contribution is 8.13. The number of sulfonamides is 3. The molecule has 2 aromatic heterocycles. The lowest BCUT2D eigenvalue weighted by Crippen LogP contribution is -2.46. The van der Waals surface area contributed by atoms with Crippen LogP contribution < -0.4 is 13.9 Å². The number of hydrogen-bond acceptors (Lipinski definition) is 7. The number of rotatable bonds is 5. The molecule has 0 unspecified atom stereocenters. The normalized spacial score (nSPS) is 13.5. The van der Waals surface area contributed by atoms with Crippen LogP contribution in [0.15, 0.2) is 37.4 Å². The Balaban J connectivity index is 0. The second-order valence-corrected chi connectivity index (χ2v) is 13.6. The van der Waals surface area contributed by atoms with Crippen LogP contribution in [0.2, 0.25) is 0 Å². The van der Waals surface area contributed by atoms with Crippen molar-refractivity contribution < 1.29 is 118 Å². The topological polar surface area (TPSA) is 163 Å². The molecule has 13 nitrogen and oxygen atoms in total. The van der Waals surface area contributed by atoms with Crippen LogP contribution in [0.25, 0.3) is 4.13 Å². The molecule has 0 saturated heterocycles. The highest BCUT2D eigenvalue weighted by Gasteiger charge is 2.51. The predicted octanol–water partition coefficient (Wildman–Crippen LogP) is 3.32. The van der Waals surface area contributed by atoms with Crippen LogP contribution in [0.4, 0.5) is 79.0 Å². The van der Waals surface area contributed by atoms with Gasteiger partial charge in [0.25, 0.3) is 0 Å². The molecule has 0 aliphatic heterocycles. The van der Waals surface area contributed by atoms with E-state index in [2.05, 4.69) is 0 Å². The van der Waals surface area contributed by atoms with E-state index in [1.807, 2.05) is 0 Å². The maximum absolute atomic E-state index is 11.7. The Morgan fingerprint density at radius 1 is 0.588 bits per heavy atom. The van der Waals surface area contributed by atoms with Gasteiger partial charge in [-0.3, -0.25) is 4.79 Å². The number of nitrogens with one attached hydrogen (secondary N) is 1. The van der Waals surface area contributed by atoms with E-state index in [1.165, 1.54) is 25.0 Å². The molecule has 0 radical (unpaired) electrons. The van der Waals surface area contributed by atoms with E-state index in [9.17, 15) is 109 Å². The quantitative estimate of drug-likeness (QED) is 0.357. The Hall–Kier alpha value is -3.56. The molecule has 0 saturated carbocycles. The van der Waals surface area contributed by atoms with Crippen molar-refractivity contribution in [2.75, 3.05) is 0 Å². The number of aryl methyl sites for hydroxylation is 2. The first-order valence-electron chi connectivity index (χ1n) is 11.3. The molecule has 51 heavy (non-hydrogen) atoms. The smallest absolute Gasteiger partial charge is 0.421 e. The highest BCUT2D eigenvalue weighted by atomic mass is 32.3. The Morgan fingerprint density at radius 3 is 1.06 bits per heavy atom. The summed E-state index contributed by atoms with van der Waals surface area (Å²) < 4.78 is 273. The lowest BCUT2D eigenvalue weighted by Gasteiger charge is -2.22. The van der Waals surface area contributed by atoms with Gasteiger partial charge in [0, 0.05) is 0 Å². The summed E-state index contributed by atoms with van der Waals surface area (Å²) >= 11 is 0. The Morgan fingerprint density at radius 2 is 0.882 bits per heavy atom. The molecule has 0 bridgehead atoms. The third-order valence-electron chi connectivity index (χ3n) is 3.94. The molecule has 2 rings (SSSR count). The SMILES string of the molecule is C[n+]1ccn(CC(F)(F)F)c1.C[n+]1ccn(CC(F)(F)F)c1.O=C(NS(=O)(=O)C(F)(F)F)C(F)(F)F.O=S(=O)([N-]S(=O)(=O)C(F)(F)F)C(F)(F)F. The van der Waals surface area contributed by atoms with Crippen LogP contribution in [-0.2, 0) is 62.0 Å². The zero-order valence-electron chi connectivity index (χ0n) is 24.0. The third kappa shape index (κ3) is 19.6. The van der Waals surface area contributed by atoms with E-state index >= 15 is 0 Å². The summed E-state index contributed by atoms with van der Waals surface area (Å²) in [7, 11) is -16.4. The summed E-state index contributed by atoms with van der Waals surface area (Å²) in [5.41, 5.74) is -18.4. The molecule has 2 heterocycles. The van der Waals surface area contributed by atoms with Gasteiger partial charge in [-0.2, -0.15) is 87.4 Å². The van der Waals surface area contributed by atoms with Crippen molar-refractivity contribution in [2.24, 2.45) is 14.1 Å². The summed E-state index contributed by atoms with van der Waals surface area (Å²) in [5, 5.41) is 0. The van der Waals surface area contributed by atoms with Gasteiger partial charge in [0.2, 0.25) is 12.7 Å². The lowest BCUT2D eigenvalue weighted by atomic mass is 10.6. The molecule has 300 valence electrons. The number of amides is 1. The summed E-state index contributed by atoms with van der Waals surface area (Å²) in [6.07, 6.45) is -5.31. The van der Waals surface area contributed by atoms with Crippen molar-refractivity contribution >= 4 is 36.0 Å². The average Bonchev–Trinajstić information content (AvgIpc) is 3.41. The van der Waals surface area contributed by atoms with Crippen molar-refractivity contribution in [1.29, 1.82) is 0 Å². The van der Waals surface area contributed by atoms with E-state index in [-0.39, 0.29) is 4.72 Å². The van der Waals surface area contributed by atoms with Gasteiger partial charge in [0.05, 0.1) is 14.1 Å². The monoisotopic (exact) mass is 855 g/mol. The van der Waals surface area contributed by atoms with Gasteiger partial charge < -0.3 is 4.13 Å². The van der Waals surface area contributed by atoms with Crippen LogP contribution in [0, 0.1) is 0 Å². The zero-order chi connectivity index (χ0) is 41.5. The van der Waals surface area contributed by atoms with Gasteiger partial charge in [-0.1, -0.05) is 0 Å². The van der Waals surface area contributed by atoms with Gasteiger partial charge in [0.1, 0.15) is 24.8 Å². The number of alkyl halides is 18. The standard InChI is InChI=1S/2C6H8F3N2.C3HF6NO3S.C2F6NO4S2/c2*1-10-2-3-11(5-10)4-6(7,8)9;4-2(5,6)1(11)10-14(12,13)3(7,8)9;3-1(4,5)14(10,11)9-15(12,13)2(6,7)8/h2*2-3,5H,4H2,1H3;(H,10,11);/q2*+1;;-1. The third-order valence-corrected chi connectivity index (χ3v) is 7.75. The van der Waals surface area contributed by atoms with Crippen molar-refractivity contribution in [3.63, 3.8) is 0 Å². The van der Waals surface area contributed by atoms with Gasteiger partial charge >= 0.3 is 51.0 Å². The van der Waals surface area contributed by atoms with Gasteiger partial charge in [-0.05, 0) is 0 Å². The molecule has 1 N–H and O–H groups in total. The van der Waals surface area contributed by atoms with E-state index in [1.54, 1.807) is 35.6 Å². The second kappa shape index (κ2) is 16.8. The van der Waals surface area contributed by atoms with Crippen molar-refractivity contribution in [3.8, 4) is 0 Å². The van der Waals surface area contributed by atoms with Crippen LogP contribution >= 0.6 is 0 Å². The molecular formula is C17H17F18N6O7S3+. The molecule has 0 aromatic carbocycles. The minimum absolute atomic E-state index is 0.181. The van der Waals surface area contributed by atoms with Gasteiger partial charge in [-0.15, -0.1) is 0 Å². The lowest BCUT2D eigenvalue weighted by molar-refractivity contribution is -0.671. The zero-order valence-corrected chi connectivity index (χ0v) is 26.4. The molecule has 0 aliphatic rings. The van der Waals surface area contributed by atoms with Crippen molar-refractivity contribution in [2.45, 2.75) is 48.1 Å². The van der Waals surface area contributed by atoms with Crippen LogP contribution in [-0.4, -0.2) is 75.3 Å². The molecule has 1 amide bonds. The fourth-order valence-corrected chi connectivity index (χ4v) is 4.24. The molecule has 0 spiro atoms. The van der Waals surface area contributed by atoms with Crippen molar-refractivity contribution in [1.82, 2.24) is 13.9 Å². The number of hydrogen-bond donors (Lipinski definition) is 1. The largest absolute Gasteiger partial charge is 0.516 e. The minimum atomic E-state index is -6.72. The summed E-state index contributed by atoms with van der Waals surface area (Å²) in [6.45, 7) is -1.85. The second-order valence-electron chi connectivity index (χ2n) is 8.53. The van der Waals surface area contributed by atoms with Gasteiger partial charge in [-0.25, -0.2) is 39.8 Å². The highest BCUT2D eigenvalue weighted by Crippen LogP contribution is 2.36. The fourth-order valence-electron chi connectivity index (χ4n) is 2.06. The number of nitrogens with zero attached hydrogens (tertiary/aromatic N) is 5. The first-order chi connectivity index (χ1) is 22.0. The number of halogens is 18. The molecule has 0 atom stereocenters. The van der Waals surface area contributed by atoms with Gasteiger partial charge in [0.15, 0.2) is 33.1 Å². The predicted molar refractivity (Wildman–Crippen MR) is 126 cm³/mol. The number of carbonyl (C=O) groups is 1. The fraction of sp³-hybridized carbons (Fsp3) is 0.588. The Labute approximate surface area is 272 Å². The summed E-state index contributed by atoms with van der Waals surface area (Å²) in [4.78, 5) is 9.81. The first kappa shape index (κ1) is 49.6. The molecule has 0 fully saturated rings. The first-order valence-corrected chi connectivity index (χ1v) is 15.6. The maximum atomic E-state index is 11.7. The summed E-state index contributed by atoms with van der Waals surface area (Å²) in [6, 6.07) is 0. The summed E-state index contributed by atoms with van der Waals surface area (Å²) in [5.74, 6) is -3.20.